The second-order valence-corrected chi connectivity index (χ2v) is 19.1. The van der Waals surface area contributed by atoms with E-state index < -0.39 is 0 Å². The average Bonchev–Trinajstić information content (AvgIpc) is 4.21. The number of hydrogen-bond acceptors (Lipinski definition) is 10. The Balaban J connectivity index is 0.000000152. The number of nitrogens with two attached hydrogens (primary N) is 2. The third-order valence-electron chi connectivity index (χ3n) is 14.0. The van der Waals surface area contributed by atoms with Crippen LogP contribution in [0.2, 0.25) is 0 Å². The number of nitrogen functional groups attached to an aromatic ring is 2. The van der Waals surface area contributed by atoms with Crippen LogP contribution in [0.15, 0.2) is 110 Å². The lowest BCUT2D eigenvalue weighted by Crippen LogP contribution is -2.24. The number of aryl methyl sites for hydroxylation is 6. The summed E-state index contributed by atoms with van der Waals surface area (Å²) in [7, 11) is 0. The Bertz CT molecular complexity index is 3380. The lowest BCUT2D eigenvalue weighted by Gasteiger charge is -2.18. The van der Waals surface area contributed by atoms with Crippen molar-refractivity contribution < 1.29 is 19.1 Å². The van der Waals surface area contributed by atoms with Crippen LogP contribution in [0.5, 0.6) is 0 Å². The summed E-state index contributed by atoms with van der Waals surface area (Å²) in [5.74, 6) is 0.755. The number of nitrogens with one attached hydrogen (secondary N) is 2. The Morgan fingerprint density at radius 2 is 0.886 bits per heavy atom. The molecule has 8 aromatic rings. The lowest BCUT2D eigenvalue weighted by molar-refractivity contribution is 0.0855. The van der Waals surface area contributed by atoms with E-state index in [1.54, 1.807) is 0 Å². The summed E-state index contributed by atoms with van der Waals surface area (Å²) >= 11 is 0. The molecule has 352 valence electrons. The summed E-state index contributed by atoms with van der Waals surface area (Å²) in [6, 6.07) is 28.5. The molecule has 4 aliphatic rings. The van der Waals surface area contributed by atoms with E-state index in [1.165, 1.54) is 33.4 Å². The molecular weight excluding hydrogens is 877 g/mol. The fraction of sp³-hybridized carbons (Fsp3) is 0.250. The van der Waals surface area contributed by atoms with Gasteiger partial charge in [-0.2, -0.15) is 10.2 Å². The van der Waals surface area contributed by atoms with Crippen molar-refractivity contribution in [2.75, 3.05) is 11.5 Å². The van der Waals surface area contributed by atoms with Gasteiger partial charge in [0.2, 0.25) is 0 Å². The first-order valence-corrected chi connectivity index (χ1v) is 23.6. The number of rotatable bonds is 10. The van der Waals surface area contributed by atoms with Crippen molar-refractivity contribution in [1.29, 1.82) is 0 Å². The summed E-state index contributed by atoms with van der Waals surface area (Å²) in [5.41, 5.74) is 32.5. The topological polar surface area (TPSA) is 190 Å². The number of nitrogens with zero attached hydrogens (tertiary/aromatic N) is 6. The number of pyridine rings is 2. The zero-order valence-corrected chi connectivity index (χ0v) is 40.0. The molecule has 4 aromatic heterocycles. The number of anilines is 2. The van der Waals surface area contributed by atoms with E-state index in [4.69, 9.17) is 20.9 Å². The van der Waals surface area contributed by atoms with Gasteiger partial charge in [0.1, 0.15) is 36.1 Å². The van der Waals surface area contributed by atoms with Gasteiger partial charge in [-0.3, -0.25) is 19.0 Å². The van der Waals surface area contributed by atoms with Gasteiger partial charge in [-0.15, -0.1) is 0 Å². The fourth-order valence-corrected chi connectivity index (χ4v) is 10.6. The van der Waals surface area contributed by atoms with Gasteiger partial charge in [-0.05, 0) is 167 Å². The zero-order chi connectivity index (χ0) is 48.5. The highest BCUT2D eigenvalue weighted by atomic mass is 16.5. The zero-order valence-electron chi connectivity index (χ0n) is 40.0. The molecule has 0 saturated heterocycles. The van der Waals surface area contributed by atoms with Crippen LogP contribution in [-0.4, -0.2) is 41.3 Å². The molecule has 2 amide bonds. The van der Waals surface area contributed by atoms with E-state index in [9.17, 15) is 9.59 Å². The van der Waals surface area contributed by atoms with Gasteiger partial charge in [0.25, 0.3) is 11.8 Å². The first-order valence-electron chi connectivity index (χ1n) is 23.6. The molecule has 12 rings (SSSR count). The van der Waals surface area contributed by atoms with Crippen molar-refractivity contribution in [2.24, 2.45) is 0 Å². The molecule has 0 spiro atoms. The van der Waals surface area contributed by atoms with Gasteiger partial charge >= 0.3 is 0 Å². The lowest BCUT2D eigenvalue weighted by atomic mass is 9.84. The molecule has 4 unspecified atom stereocenters. The predicted molar refractivity (Wildman–Crippen MR) is 266 cm³/mol. The van der Waals surface area contributed by atoms with E-state index in [0.717, 1.165) is 73.6 Å². The fourth-order valence-electron chi connectivity index (χ4n) is 10.6. The van der Waals surface area contributed by atoms with Crippen molar-refractivity contribution in [1.82, 2.24) is 40.2 Å². The molecule has 0 radical (unpaired) electrons. The van der Waals surface area contributed by atoms with E-state index >= 15 is 0 Å². The van der Waals surface area contributed by atoms with Crippen LogP contribution in [0.25, 0.3) is 0 Å². The van der Waals surface area contributed by atoms with Crippen molar-refractivity contribution in [3.8, 4) is 0 Å². The third kappa shape index (κ3) is 8.18. The molecule has 6 N–H and O–H groups in total. The molecule has 4 bridgehead atoms. The quantitative estimate of drug-likeness (QED) is 0.103. The highest BCUT2D eigenvalue weighted by molar-refractivity contribution is 5.95. The Labute approximate surface area is 406 Å². The summed E-state index contributed by atoms with van der Waals surface area (Å²) < 4.78 is 16.6. The second kappa shape index (κ2) is 17.5. The Hall–Kier alpha value is -7.94. The van der Waals surface area contributed by atoms with Crippen LogP contribution in [0, 0.1) is 41.5 Å². The second-order valence-electron chi connectivity index (χ2n) is 19.1. The van der Waals surface area contributed by atoms with Gasteiger partial charge < -0.3 is 31.6 Å². The van der Waals surface area contributed by atoms with Crippen LogP contribution in [-0.2, 0) is 35.7 Å². The van der Waals surface area contributed by atoms with E-state index in [-0.39, 0.29) is 36.2 Å². The molecule has 4 atom stereocenters. The highest BCUT2D eigenvalue weighted by Gasteiger charge is 2.44. The normalized spacial score (nSPS) is 17.3. The van der Waals surface area contributed by atoms with Crippen molar-refractivity contribution in [3.63, 3.8) is 0 Å². The molecule has 0 saturated carbocycles. The van der Waals surface area contributed by atoms with Gasteiger partial charge in [0, 0.05) is 48.0 Å². The maximum absolute atomic E-state index is 13.0. The minimum atomic E-state index is -0.150. The Kier molecular flexibility index (Phi) is 11.2. The van der Waals surface area contributed by atoms with Crippen LogP contribution in [0.1, 0.15) is 146 Å². The first-order chi connectivity index (χ1) is 33.7. The largest absolute Gasteiger partial charge is 0.384 e. The standard InChI is InChI=1S/2C28H27N5O2/c1-15-11-31-33(13-15)14-18-4-6-20-22(9-18)26-21-7-5-19(10-23(21)27(20)35-26)28(34)30-12-24-16(2)8-25(29)32-17(24)3;1-15-11-31-33(13-15)14-18-4-6-20-22(9-18)27-23-10-19(5-7-21(23)26(20)35-27)28(34)30-12-24-16(2)8-25(29)32-17(24)3/h2*4-11,13,26-27H,12,14H2,1-3H3,(H2,29,32)(H,30,34). The predicted octanol–water partition coefficient (Wildman–Crippen LogP) is 8.57. The number of hydrogen-bond donors (Lipinski definition) is 4. The highest BCUT2D eigenvalue weighted by Crippen LogP contribution is 2.55. The minimum Gasteiger partial charge on any atom is -0.384 e. The number of fused-ring (bicyclic) bond motifs is 16. The molecule has 70 heavy (non-hydrogen) atoms. The van der Waals surface area contributed by atoms with Gasteiger partial charge in [-0.1, -0.05) is 48.5 Å². The maximum atomic E-state index is 13.0. The molecule has 14 heteroatoms. The van der Waals surface area contributed by atoms with E-state index in [0.29, 0.717) is 42.4 Å². The van der Waals surface area contributed by atoms with Crippen LogP contribution >= 0.6 is 0 Å². The van der Waals surface area contributed by atoms with Crippen LogP contribution in [0.4, 0.5) is 11.6 Å². The van der Waals surface area contributed by atoms with Crippen molar-refractivity contribution in [2.45, 2.75) is 92.1 Å². The van der Waals surface area contributed by atoms with Gasteiger partial charge in [0.15, 0.2) is 0 Å². The Morgan fingerprint density at radius 3 is 1.27 bits per heavy atom. The molecule has 0 fully saturated rings. The van der Waals surface area contributed by atoms with Crippen LogP contribution < -0.4 is 22.1 Å². The average molecular weight is 931 g/mol. The third-order valence-corrected chi connectivity index (χ3v) is 14.0. The molecule has 0 aliphatic carbocycles. The van der Waals surface area contributed by atoms with E-state index in [1.807, 2.05) is 124 Å². The number of aromatic nitrogens is 6. The van der Waals surface area contributed by atoms with Gasteiger partial charge in [-0.25, -0.2) is 9.97 Å². The molecule has 14 nitrogen and oxygen atoms in total. The van der Waals surface area contributed by atoms with Crippen LogP contribution in [0.3, 0.4) is 0 Å². The number of amides is 2. The van der Waals surface area contributed by atoms with Crippen molar-refractivity contribution >= 4 is 23.5 Å². The van der Waals surface area contributed by atoms with E-state index in [2.05, 4.69) is 67.2 Å². The van der Waals surface area contributed by atoms with Crippen molar-refractivity contribution in [3.05, 3.63) is 221 Å². The van der Waals surface area contributed by atoms with Gasteiger partial charge in [0.05, 0.1) is 25.5 Å². The maximum Gasteiger partial charge on any atom is 0.251 e. The number of ether oxygens (including phenoxy) is 2. The number of carbonyl (C=O) groups excluding carboxylic acids is 2. The molecule has 4 aliphatic heterocycles. The summed E-state index contributed by atoms with van der Waals surface area (Å²) in [4.78, 5) is 34.6. The SMILES string of the molecule is Cc1cnn(Cc2ccc3c(c2)C2OC3c3cc(C(=O)NCc4c(C)cc(N)nc4C)ccc32)c1.Cc1cnn(Cc2ccc3c(c2)C2OC3c3ccc(C(=O)NCc4c(C)cc(N)nc4C)cc32)c1. The smallest absolute Gasteiger partial charge is 0.251 e. The summed E-state index contributed by atoms with van der Waals surface area (Å²) in [6.07, 6.45) is 7.38. The Morgan fingerprint density at radius 1 is 0.514 bits per heavy atom. The summed E-state index contributed by atoms with van der Waals surface area (Å²) in [6.45, 7) is 14.1. The molecule has 8 heterocycles. The monoisotopic (exact) mass is 930 g/mol. The summed E-state index contributed by atoms with van der Waals surface area (Å²) in [5, 5.41) is 14.9. The number of carbonyl (C=O) groups is 2. The molecular formula is C56H54N10O4. The molecule has 4 aromatic carbocycles. The minimum absolute atomic E-state index is 0.0748. The number of benzene rings is 4. The first kappa shape index (κ1) is 44.6.